The van der Waals surface area contributed by atoms with E-state index in [0.29, 0.717) is 17.0 Å². The maximum absolute atomic E-state index is 12.9. The lowest BCUT2D eigenvalue weighted by molar-refractivity contribution is -0.137. The van der Waals surface area contributed by atoms with Crippen molar-refractivity contribution in [2.75, 3.05) is 30.3 Å². The zero-order chi connectivity index (χ0) is 21.5. The molecule has 0 spiro atoms. The van der Waals surface area contributed by atoms with Gasteiger partial charge in [-0.15, -0.1) is 0 Å². The SMILES string of the molecule is CS(=O)(=O)N(CC(=O)NCCOCc1ccccc1)c1cccc(C(F)(F)F)c1. The monoisotopic (exact) mass is 430 g/mol. The molecule has 2 aromatic rings. The number of ether oxygens (including phenoxy) is 1. The van der Waals surface area contributed by atoms with Gasteiger partial charge in [-0.1, -0.05) is 36.4 Å². The fourth-order valence-corrected chi connectivity index (χ4v) is 3.30. The topological polar surface area (TPSA) is 75.7 Å². The normalized spacial score (nSPS) is 11.9. The Bertz CT molecular complexity index is 919. The second kappa shape index (κ2) is 9.75. The van der Waals surface area contributed by atoms with E-state index in [1.807, 2.05) is 30.3 Å². The van der Waals surface area contributed by atoms with Gasteiger partial charge in [0.15, 0.2) is 0 Å². The van der Waals surface area contributed by atoms with E-state index in [-0.39, 0.29) is 18.8 Å². The number of alkyl halides is 3. The third kappa shape index (κ3) is 7.39. The second-order valence-corrected chi connectivity index (χ2v) is 8.11. The summed E-state index contributed by atoms with van der Waals surface area (Å²) in [6, 6.07) is 13.2. The first kappa shape index (κ1) is 22.7. The van der Waals surface area contributed by atoms with E-state index >= 15 is 0 Å². The number of carbonyl (C=O) groups is 1. The van der Waals surface area contributed by atoms with E-state index in [1.165, 1.54) is 6.07 Å². The van der Waals surface area contributed by atoms with Crippen molar-refractivity contribution in [3.8, 4) is 0 Å². The molecule has 10 heteroatoms. The molecule has 0 aromatic heterocycles. The lowest BCUT2D eigenvalue weighted by Gasteiger charge is -2.22. The number of nitrogens with zero attached hydrogens (tertiary/aromatic N) is 1. The van der Waals surface area contributed by atoms with Gasteiger partial charge < -0.3 is 10.1 Å². The minimum absolute atomic E-state index is 0.131. The molecule has 0 saturated heterocycles. The molecule has 2 aromatic carbocycles. The number of carbonyl (C=O) groups excluding carboxylic acids is 1. The van der Waals surface area contributed by atoms with Gasteiger partial charge in [0.05, 0.1) is 30.7 Å². The Labute approximate surface area is 167 Å². The highest BCUT2D eigenvalue weighted by atomic mass is 32.2. The van der Waals surface area contributed by atoms with E-state index in [0.717, 1.165) is 24.0 Å². The summed E-state index contributed by atoms with van der Waals surface area (Å²) in [5.41, 5.74) is -0.275. The molecule has 0 atom stereocenters. The smallest absolute Gasteiger partial charge is 0.375 e. The average molecular weight is 430 g/mol. The Kier molecular flexibility index (Phi) is 7.63. The van der Waals surface area contributed by atoms with Crippen LogP contribution in [0.5, 0.6) is 0 Å². The Morgan fingerprint density at radius 3 is 2.41 bits per heavy atom. The molecule has 29 heavy (non-hydrogen) atoms. The van der Waals surface area contributed by atoms with Crippen LogP contribution in [0.3, 0.4) is 0 Å². The zero-order valence-electron chi connectivity index (χ0n) is 15.6. The Balaban J connectivity index is 1.92. The molecule has 0 radical (unpaired) electrons. The van der Waals surface area contributed by atoms with Crippen molar-refractivity contribution in [3.63, 3.8) is 0 Å². The summed E-state index contributed by atoms with van der Waals surface area (Å²) in [5.74, 6) is -0.656. The number of hydrogen-bond donors (Lipinski definition) is 1. The molecule has 158 valence electrons. The van der Waals surface area contributed by atoms with Gasteiger partial charge in [-0.05, 0) is 23.8 Å². The van der Waals surface area contributed by atoms with E-state index in [4.69, 9.17) is 4.74 Å². The van der Waals surface area contributed by atoms with Crippen LogP contribution in [0.2, 0.25) is 0 Å². The maximum Gasteiger partial charge on any atom is 0.416 e. The molecule has 0 aliphatic rings. The predicted molar refractivity (Wildman–Crippen MR) is 103 cm³/mol. The highest BCUT2D eigenvalue weighted by molar-refractivity contribution is 7.92. The quantitative estimate of drug-likeness (QED) is 0.621. The van der Waals surface area contributed by atoms with Crippen molar-refractivity contribution >= 4 is 21.6 Å². The van der Waals surface area contributed by atoms with E-state index in [2.05, 4.69) is 5.32 Å². The van der Waals surface area contributed by atoms with Crippen LogP contribution in [0.4, 0.5) is 18.9 Å². The van der Waals surface area contributed by atoms with Crippen molar-refractivity contribution in [2.45, 2.75) is 12.8 Å². The largest absolute Gasteiger partial charge is 0.416 e. The molecule has 0 heterocycles. The van der Waals surface area contributed by atoms with Crippen molar-refractivity contribution < 1.29 is 31.1 Å². The van der Waals surface area contributed by atoms with Crippen LogP contribution in [0.1, 0.15) is 11.1 Å². The molecular formula is C19H21F3N2O4S. The van der Waals surface area contributed by atoms with Gasteiger partial charge >= 0.3 is 6.18 Å². The first-order chi connectivity index (χ1) is 13.6. The Hall–Kier alpha value is -2.59. The number of sulfonamides is 1. The molecule has 0 fully saturated rings. The number of halogens is 3. The summed E-state index contributed by atoms with van der Waals surface area (Å²) < 4.78 is 68.7. The van der Waals surface area contributed by atoms with Gasteiger partial charge in [0.1, 0.15) is 6.54 Å². The molecular weight excluding hydrogens is 409 g/mol. The standard InChI is InChI=1S/C19H21F3N2O4S/c1-29(26,27)24(17-9-5-8-16(12-17)19(20,21)22)13-18(25)23-10-11-28-14-15-6-3-2-4-7-15/h2-9,12H,10-11,13-14H2,1H3,(H,23,25). The number of rotatable bonds is 9. The van der Waals surface area contributed by atoms with E-state index in [9.17, 15) is 26.4 Å². The van der Waals surface area contributed by atoms with Gasteiger partial charge in [-0.25, -0.2) is 8.42 Å². The lowest BCUT2D eigenvalue weighted by atomic mass is 10.2. The van der Waals surface area contributed by atoms with Gasteiger partial charge in [-0.3, -0.25) is 9.10 Å². The minimum Gasteiger partial charge on any atom is -0.375 e. The Morgan fingerprint density at radius 1 is 1.10 bits per heavy atom. The molecule has 0 unspecified atom stereocenters. The van der Waals surface area contributed by atoms with E-state index in [1.54, 1.807) is 0 Å². The first-order valence-corrected chi connectivity index (χ1v) is 10.5. The fraction of sp³-hybridized carbons (Fsp3) is 0.316. The van der Waals surface area contributed by atoms with Gasteiger partial charge in [0.2, 0.25) is 15.9 Å². The van der Waals surface area contributed by atoms with Crippen molar-refractivity contribution in [2.24, 2.45) is 0 Å². The van der Waals surface area contributed by atoms with Crippen LogP contribution < -0.4 is 9.62 Å². The van der Waals surface area contributed by atoms with E-state index < -0.39 is 34.2 Å². The summed E-state index contributed by atoms with van der Waals surface area (Å²) in [6.45, 7) is 0.0458. The summed E-state index contributed by atoms with van der Waals surface area (Å²) in [5, 5.41) is 2.49. The first-order valence-electron chi connectivity index (χ1n) is 8.61. The highest BCUT2D eigenvalue weighted by Gasteiger charge is 2.31. The predicted octanol–water partition coefficient (Wildman–Crippen LogP) is 2.80. The average Bonchev–Trinajstić information content (AvgIpc) is 2.65. The maximum atomic E-state index is 12.9. The fourth-order valence-electron chi connectivity index (χ4n) is 2.45. The second-order valence-electron chi connectivity index (χ2n) is 6.21. The molecule has 0 bridgehead atoms. The molecule has 0 saturated carbocycles. The van der Waals surface area contributed by atoms with Gasteiger partial charge in [0, 0.05) is 6.54 Å². The van der Waals surface area contributed by atoms with Crippen LogP contribution in [-0.4, -0.2) is 40.3 Å². The minimum atomic E-state index is -4.63. The van der Waals surface area contributed by atoms with Crippen LogP contribution in [0.25, 0.3) is 0 Å². The van der Waals surface area contributed by atoms with Gasteiger partial charge in [-0.2, -0.15) is 13.2 Å². The number of benzene rings is 2. The van der Waals surface area contributed by atoms with Crippen LogP contribution >= 0.6 is 0 Å². The summed E-state index contributed by atoms with van der Waals surface area (Å²) >= 11 is 0. The third-order valence-electron chi connectivity index (χ3n) is 3.83. The zero-order valence-corrected chi connectivity index (χ0v) is 16.5. The summed E-state index contributed by atoms with van der Waals surface area (Å²) in [7, 11) is -3.97. The van der Waals surface area contributed by atoms with Crippen molar-refractivity contribution in [1.29, 1.82) is 0 Å². The van der Waals surface area contributed by atoms with Crippen LogP contribution in [0, 0.1) is 0 Å². The number of nitrogens with one attached hydrogen (secondary N) is 1. The molecule has 6 nitrogen and oxygen atoms in total. The third-order valence-corrected chi connectivity index (χ3v) is 4.97. The number of anilines is 1. The highest BCUT2D eigenvalue weighted by Crippen LogP contribution is 2.32. The van der Waals surface area contributed by atoms with Crippen LogP contribution in [-0.2, 0) is 32.3 Å². The number of amides is 1. The number of hydrogen-bond acceptors (Lipinski definition) is 4. The Morgan fingerprint density at radius 2 is 1.79 bits per heavy atom. The van der Waals surface area contributed by atoms with Gasteiger partial charge in [0.25, 0.3) is 0 Å². The van der Waals surface area contributed by atoms with Crippen molar-refractivity contribution in [1.82, 2.24) is 5.32 Å². The van der Waals surface area contributed by atoms with Crippen LogP contribution in [0.15, 0.2) is 54.6 Å². The van der Waals surface area contributed by atoms with Crippen molar-refractivity contribution in [3.05, 3.63) is 65.7 Å². The molecule has 0 aliphatic carbocycles. The molecule has 1 amide bonds. The lowest BCUT2D eigenvalue weighted by Crippen LogP contribution is -2.41. The molecule has 0 aliphatic heterocycles. The molecule has 1 N–H and O–H groups in total. The summed E-state index contributed by atoms with van der Waals surface area (Å²) in [4.78, 5) is 12.1. The summed E-state index contributed by atoms with van der Waals surface area (Å²) in [6.07, 6.45) is -3.80. The molecule has 2 rings (SSSR count).